The molecule has 1 aromatic rings. The van der Waals surface area contributed by atoms with Gasteiger partial charge < -0.3 is 16.2 Å². The quantitative estimate of drug-likeness (QED) is 0.772. The molecular formula is C18H24ClN3O2. The minimum absolute atomic E-state index is 0.000224. The number of nitrogens with two attached hydrogens (primary N) is 2. The van der Waals surface area contributed by atoms with Gasteiger partial charge in [-0.2, -0.15) is 0 Å². The normalized spacial score (nSPS) is 27.4. The molecular weight excluding hydrogens is 326 g/mol. The lowest BCUT2D eigenvalue weighted by Gasteiger charge is -2.42. The second-order valence-electron chi connectivity index (χ2n) is 6.54. The third-order valence-corrected chi connectivity index (χ3v) is 5.20. The first-order chi connectivity index (χ1) is 11.6. The highest BCUT2D eigenvalue weighted by atomic mass is 35.5. The van der Waals surface area contributed by atoms with Crippen LogP contribution in [0.15, 0.2) is 29.3 Å². The number of hydrogen-bond acceptors (Lipinski definition) is 5. The van der Waals surface area contributed by atoms with E-state index in [1.807, 2.05) is 18.2 Å². The Kier molecular flexibility index (Phi) is 5.23. The van der Waals surface area contributed by atoms with Crippen LogP contribution in [-0.4, -0.2) is 30.4 Å². The predicted molar refractivity (Wildman–Crippen MR) is 95.2 cm³/mol. The van der Waals surface area contributed by atoms with Crippen molar-refractivity contribution in [2.75, 3.05) is 6.54 Å². The first kappa shape index (κ1) is 17.4. The number of nitrogens with zero attached hydrogens (tertiary/aromatic N) is 1. The molecule has 0 spiro atoms. The molecule has 3 rings (SSSR count). The number of halogens is 1. The fraction of sp³-hybridized carbons (Fsp3) is 0.556. The molecule has 1 aliphatic heterocycles. The topological polar surface area (TPSA) is 90.7 Å². The van der Waals surface area contributed by atoms with Crippen LogP contribution in [0.2, 0.25) is 5.02 Å². The van der Waals surface area contributed by atoms with Crippen LogP contribution in [0.3, 0.4) is 0 Å². The zero-order valence-electron chi connectivity index (χ0n) is 13.7. The number of carbonyl (C=O) groups excluding carboxylic acids is 1. The summed E-state index contributed by atoms with van der Waals surface area (Å²) in [6.07, 6.45) is 4.34. The molecule has 24 heavy (non-hydrogen) atoms. The van der Waals surface area contributed by atoms with E-state index in [0.29, 0.717) is 30.3 Å². The highest BCUT2D eigenvalue weighted by Gasteiger charge is 2.52. The maximum Gasteiger partial charge on any atom is 0.205 e. The number of ether oxygens (including phenoxy) is 1. The average Bonchev–Trinajstić information content (AvgIpc) is 2.55. The molecule has 0 amide bonds. The molecule has 1 aromatic carbocycles. The molecule has 5 nitrogen and oxygen atoms in total. The Labute approximate surface area is 147 Å². The smallest absolute Gasteiger partial charge is 0.205 e. The number of benzene rings is 1. The molecule has 130 valence electrons. The summed E-state index contributed by atoms with van der Waals surface area (Å²) < 4.78 is 5.85. The summed E-state index contributed by atoms with van der Waals surface area (Å²) >= 11 is 6.39. The number of aliphatic imine (C=N–C) groups is 1. The van der Waals surface area contributed by atoms with Crippen molar-refractivity contribution in [3.05, 3.63) is 34.9 Å². The summed E-state index contributed by atoms with van der Waals surface area (Å²) in [5, 5.41) is 0.563. The van der Waals surface area contributed by atoms with Crippen molar-refractivity contribution >= 4 is 23.3 Å². The van der Waals surface area contributed by atoms with E-state index in [1.54, 1.807) is 6.07 Å². The molecule has 3 atom stereocenters. The van der Waals surface area contributed by atoms with Crippen LogP contribution in [0, 0.1) is 0 Å². The van der Waals surface area contributed by atoms with E-state index in [0.717, 1.165) is 31.2 Å². The van der Waals surface area contributed by atoms with E-state index < -0.39 is 11.6 Å². The summed E-state index contributed by atoms with van der Waals surface area (Å²) in [4.78, 5) is 17.7. The lowest BCUT2D eigenvalue weighted by Crippen LogP contribution is -2.54. The van der Waals surface area contributed by atoms with Crippen molar-refractivity contribution < 1.29 is 9.53 Å². The highest BCUT2D eigenvalue weighted by molar-refractivity contribution is 6.32. The van der Waals surface area contributed by atoms with Crippen LogP contribution in [0.1, 0.15) is 44.1 Å². The van der Waals surface area contributed by atoms with Crippen LogP contribution in [-0.2, 0) is 15.1 Å². The number of rotatable bonds is 6. The third-order valence-electron chi connectivity index (χ3n) is 4.87. The number of carbonyl (C=O) groups is 1. The van der Waals surface area contributed by atoms with Gasteiger partial charge in [0.05, 0.1) is 6.04 Å². The summed E-state index contributed by atoms with van der Waals surface area (Å²) in [5.41, 5.74) is 11.6. The Balaban J connectivity index is 1.97. The molecule has 4 N–H and O–H groups in total. The summed E-state index contributed by atoms with van der Waals surface area (Å²) in [7, 11) is 0. The van der Waals surface area contributed by atoms with Gasteiger partial charge in [-0.3, -0.25) is 4.79 Å². The van der Waals surface area contributed by atoms with Crippen LogP contribution in [0.25, 0.3) is 0 Å². The van der Waals surface area contributed by atoms with Gasteiger partial charge in [0, 0.05) is 10.6 Å². The van der Waals surface area contributed by atoms with Crippen LogP contribution >= 0.6 is 11.6 Å². The zero-order valence-corrected chi connectivity index (χ0v) is 14.5. The molecule has 1 heterocycles. The number of fused-ring (bicyclic) bond motifs is 2. The largest absolute Gasteiger partial charge is 0.468 e. The third kappa shape index (κ3) is 3.08. The molecule has 2 bridgehead atoms. The summed E-state index contributed by atoms with van der Waals surface area (Å²) in [6.45, 7) is 0.644. The lowest BCUT2D eigenvalue weighted by atomic mass is 9.73. The van der Waals surface area contributed by atoms with Gasteiger partial charge in [-0.25, -0.2) is 4.99 Å². The minimum atomic E-state index is -0.944. The van der Waals surface area contributed by atoms with Gasteiger partial charge in [0.25, 0.3) is 0 Å². The van der Waals surface area contributed by atoms with Gasteiger partial charge >= 0.3 is 0 Å². The van der Waals surface area contributed by atoms with Crippen molar-refractivity contribution in [3.8, 4) is 0 Å². The number of unbranched alkanes of at least 4 members (excludes halogenated alkanes) is 1. The van der Waals surface area contributed by atoms with Crippen molar-refractivity contribution in [2.45, 2.75) is 56.2 Å². The summed E-state index contributed by atoms with van der Waals surface area (Å²) in [6, 6.07) is 7.12. The highest BCUT2D eigenvalue weighted by Crippen LogP contribution is 2.44. The van der Waals surface area contributed by atoms with Gasteiger partial charge in [0.1, 0.15) is 0 Å². The first-order valence-corrected chi connectivity index (χ1v) is 8.97. The van der Waals surface area contributed by atoms with Crippen molar-refractivity contribution in [1.29, 1.82) is 0 Å². The molecule has 0 saturated heterocycles. The first-order valence-electron chi connectivity index (χ1n) is 8.60. The van der Waals surface area contributed by atoms with E-state index in [1.165, 1.54) is 0 Å². The number of Topliss-reactive ketones (excluding diaryl/α,β-unsaturated/α-hetero) is 1. The fourth-order valence-electron chi connectivity index (χ4n) is 3.57. The molecule has 0 aromatic heterocycles. The van der Waals surface area contributed by atoms with E-state index >= 15 is 0 Å². The molecule has 6 heteroatoms. The summed E-state index contributed by atoms with van der Waals surface area (Å²) in [5.74, 6) is 0.482. The fourth-order valence-corrected chi connectivity index (χ4v) is 3.87. The molecule has 0 radical (unpaired) electrons. The molecule has 1 aliphatic carbocycles. The maximum absolute atomic E-state index is 13.0. The van der Waals surface area contributed by atoms with Gasteiger partial charge in [-0.1, -0.05) is 36.2 Å². The second-order valence-corrected chi connectivity index (χ2v) is 6.95. The zero-order chi connectivity index (χ0) is 17.2. The Bertz CT molecular complexity index is 649. The monoisotopic (exact) mass is 349 g/mol. The molecule has 2 aliphatic rings. The van der Waals surface area contributed by atoms with E-state index in [2.05, 4.69) is 0 Å². The van der Waals surface area contributed by atoms with Crippen molar-refractivity contribution in [1.82, 2.24) is 0 Å². The van der Waals surface area contributed by atoms with Crippen LogP contribution < -0.4 is 11.5 Å². The van der Waals surface area contributed by atoms with Crippen molar-refractivity contribution in [3.63, 3.8) is 0 Å². The molecule has 1 fully saturated rings. The molecule has 0 unspecified atom stereocenters. The van der Waals surface area contributed by atoms with E-state index in [4.69, 9.17) is 32.8 Å². The Hall–Kier alpha value is -1.43. The molecule has 1 saturated carbocycles. The Morgan fingerprint density at radius 1 is 1.38 bits per heavy atom. The van der Waals surface area contributed by atoms with Gasteiger partial charge in [0.2, 0.25) is 11.7 Å². The van der Waals surface area contributed by atoms with Gasteiger partial charge in [-0.05, 0) is 44.7 Å². The van der Waals surface area contributed by atoms with E-state index in [9.17, 15) is 4.79 Å². The second kappa shape index (κ2) is 7.21. The standard InChI is InChI=1S/C18H24ClN3O2/c19-13-7-2-1-6-12(13)18-10-5-9-15(16(18)23)24-17(22-18)14(21)8-3-4-11-20/h1-2,6-7,14-15H,3-5,8-11,20-21H2/t14-,15-,18-/m0/s1. The SMILES string of the molecule is NCCCC[C@H](N)C1=N[C@]2(c3ccccc3Cl)CCC[C@H](O1)C2=O. The van der Waals surface area contributed by atoms with Gasteiger partial charge in [0.15, 0.2) is 11.6 Å². The lowest BCUT2D eigenvalue weighted by molar-refractivity contribution is -0.137. The number of ketones is 1. The maximum atomic E-state index is 13.0. The van der Waals surface area contributed by atoms with Crippen molar-refractivity contribution in [2.24, 2.45) is 16.5 Å². The Morgan fingerprint density at radius 2 is 2.17 bits per heavy atom. The minimum Gasteiger partial charge on any atom is -0.468 e. The van der Waals surface area contributed by atoms with Crippen LogP contribution in [0.4, 0.5) is 0 Å². The van der Waals surface area contributed by atoms with Gasteiger partial charge in [-0.15, -0.1) is 0 Å². The average molecular weight is 350 g/mol. The van der Waals surface area contributed by atoms with E-state index in [-0.39, 0.29) is 11.8 Å². The Morgan fingerprint density at radius 3 is 2.92 bits per heavy atom. The van der Waals surface area contributed by atoms with Crippen LogP contribution in [0.5, 0.6) is 0 Å². The predicted octanol–water partition coefficient (Wildman–Crippen LogP) is 2.54. The number of hydrogen-bond donors (Lipinski definition) is 2.